The van der Waals surface area contributed by atoms with Crippen LogP contribution in [0.2, 0.25) is 0 Å². The van der Waals surface area contributed by atoms with Gasteiger partial charge in [0.2, 0.25) is 0 Å². The molecule has 6 unspecified atom stereocenters. The van der Waals surface area contributed by atoms with Gasteiger partial charge in [-0.2, -0.15) is 0 Å². The highest BCUT2D eigenvalue weighted by molar-refractivity contribution is 5.81. The zero-order valence-corrected chi connectivity index (χ0v) is 10.1. The normalized spacial score (nSPS) is 49.4. The van der Waals surface area contributed by atoms with Crippen molar-refractivity contribution in [2.24, 2.45) is 23.2 Å². The number of aliphatic hydroxyl groups is 1. The number of rotatable bonds is 2. The maximum absolute atomic E-state index is 11.4. The van der Waals surface area contributed by atoms with Crippen LogP contribution in [0.25, 0.3) is 0 Å². The van der Waals surface area contributed by atoms with E-state index in [-0.39, 0.29) is 29.5 Å². The predicted octanol–water partition coefficient (Wildman–Crippen LogP) is 1.09. The summed E-state index contributed by atoms with van der Waals surface area (Å²) >= 11 is 0. The first-order valence-corrected chi connectivity index (χ1v) is 6.13. The molecule has 1 aliphatic heterocycles. The molecule has 2 bridgehead atoms. The molecule has 1 heterocycles. The lowest BCUT2D eigenvalue weighted by molar-refractivity contribution is -0.160. The second kappa shape index (κ2) is 3.33. The van der Waals surface area contributed by atoms with Crippen LogP contribution in [0.15, 0.2) is 12.7 Å². The van der Waals surface area contributed by atoms with Gasteiger partial charge in [-0.3, -0.25) is 0 Å². The highest BCUT2D eigenvalue weighted by atomic mass is 16.6. The lowest BCUT2D eigenvalue weighted by Gasteiger charge is -2.26. The fourth-order valence-corrected chi connectivity index (χ4v) is 4.25. The monoisotopic (exact) mass is 238 g/mol. The highest BCUT2D eigenvalue weighted by Gasteiger charge is 2.70. The number of aliphatic hydroxyl groups excluding tert-OH is 1. The van der Waals surface area contributed by atoms with Gasteiger partial charge in [0.05, 0.1) is 0 Å². The molecule has 0 radical (unpaired) electrons. The first-order valence-electron chi connectivity index (χ1n) is 6.13. The zero-order chi connectivity index (χ0) is 12.4. The Balaban J connectivity index is 1.90. The van der Waals surface area contributed by atoms with Crippen molar-refractivity contribution in [2.75, 3.05) is 0 Å². The quantitative estimate of drug-likeness (QED) is 0.578. The minimum absolute atomic E-state index is 0.0684. The Morgan fingerprint density at radius 1 is 1.59 bits per heavy atom. The first-order chi connectivity index (χ1) is 7.96. The maximum Gasteiger partial charge on any atom is 0.330 e. The Morgan fingerprint density at radius 3 is 2.94 bits per heavy atom. The first kappa shape index (κ1) is 11.2. The number of fused-ring (bicyclic) bond motifs is 1. The van der Waals surface area contributed by atoms with E-state index in [4.69, 9.17) is 9.47 Å². The Morgan fingerprint density at radius 2 is 2.29 bits per heavy atom. The summed E-state index contributed by atoms with van der Waals surface area (Å²) in [5, 5.41) is 9.85. The van der Waals surface area contributed by atoms with E-state index in [1.54, 1.807) is 0 Å². The summed E-state index contributed by atoms with van der Waals surface area (Å²) in [7, 11) is 0. The standard InChI is InChI=1S/C13H18O4/c1-4-8(14)16-10-7-5-6-9(13(7,2)3)11(10)17-12(6)15/h4,6-7,9-12,15H,1,5H2,2-3H3. The molecule has 0 aromatic carbocycles. The van der Waals surface area contributed by atoms with Gasteiger partial charge in [0.1, 0.15) is 12.2 Å². The molecule has 3 rings (SSSR count). The van der Waals surface area contributed by atoms with Crippen molar-refractivity contribution in [3.8, 4) is 0 Å². The molecule has 0 amide bonds. The number of ether oxygens (including phenoxy) is 2. The van der Waals surface area contributed by atoms with Crippen LogP contribution >= 0.6 is 0 Å². The van der Waals surface area contributed by atoms with Crippen LogP contribution in [-0.2, 0) is 14.3 Å². The Hall–Kier alpha value is -0.870. The molecule has 4 nitrogen and oxygen atoms in total. The van der Waals surface area contributed by atoms with Crippen LogP contribution in [0.3, 0.4) is 0 Å². The van der Waals surface area contributed by atoms with Crippen molar-refractivity contribution in [2.45, 2.75) is 38.8 Å². The van der Waals surface area contributed by atoms with Crippen molar-refractivity contribution in [3.05, 3.63) is 12.7 Å². The molecule has 0 aromatic rings. The minimum Gasteiger partial charge on any atom is -0.456 e. The van der Waals surface area contributed by atoms with Crippen LogP contribution < -0.4 is 0 Å². The van der Waals surface area contributed by atoms with E-state index in [0.29, 0.717) is 5.92 Å². The third kappa shape index (κ3) is 1.28. The predicted molar refractivity (Wildman–Crippen MR) is 59.8 cm³/mol. The van der Waals surface area contributed by atoms with Crippen LogP contribution in [-0.4, -0.2) is 29.6 Å². The number of hydrogen-bond donors (Lipinski definition) is 1. The van der Waals surface area contributed by atoms with E-state index in [9.17, 15) is 9.90 Å². The van der Waals surface area contributed by atoms with Gasteiger partial charge in [0, 0.05) is 23.8 Å². The van der Waals surface area contributed by atoms with Crippen molar-refractivity contribution in [1.82, 2.24) is 0 Å². The summed E-state index contributed by atoms with van der Waals surface area (Å²) in [4.78, 5) is 11.4. The van der Waals surface area contributed by atoms with E-state index in [1.807, 2.05) is 0 Å². The van der Waals surface area contributed by atoms with E-state index in [1.165, 1.54) is 6.08 Å². The fourth-order valence-electron chi connectivity index (χ4n) is 4.25. The summed E-state index contributed by atoms with van der Waals surface area (Å²) in [6.07, 6.45) is 0.995. The lowest BCUT2D eigenvalue weighted by atomic mass is 9.80. The Bertz CT molecular complexity index is 376. The largest absolute Gasteiger partial charge is 0.456 e. The zero-order valence-electron chi connectivity index (χ0n) is 10.1. The fraction of sp³-hybridized carbons (Fsp3) is 0.769. The van der Waals surface area contributed by atoms with Gasteiger partial charge in [0.25, 0.3) is 0 Å². The van der Waals surface area contributed by atoms with E-state index in [2.05, 4.69) is 20.4 Å². The summed E-state index contributed by atoms with van der Waals surface area (Å²) in [6.45, 7) is 7.77. The molecular formula is C13H18O4. The topological polar surface area (TPSA) is 55.8 Å². The van der Waals surface area contributed by atoms with E-state index >= 15 is 0 Å². The summed E-state index contributed by atoms with van der Waals surface area (Å²) in [6, 6.07) is 0. The van der Waals surface area contributed by atoms with E-state index < -0.39 is 12.3 Å². The van der Waals surface area contributed by atoms with Gasteiger partial charge in [-0.05, 0) is 11.8 Å². The van der Waals surface area contributed by atoms with Crippen molar-refractivity contribution >= 4 is 5.97 Å². The van der Waals surface area contributed by atoms with Crippen LogP contribution in [0.1, 0.15) is 20.3 Å². The molecule has 0 aromatic heterocycles. The molecule has 3 fully saturated rings. The average Bonchev–Trinajstić information content (AvgIpc) is 2.76. The minimum atomic E-state index is -0.693. The summed E-state index contributed by atoms with van der Waals surface area (Å²) in [5.74, 6) is 0.382. The van der Waals surface area contributed by atoms with Gasteiger partial charge in [-0.1, -0.05) is 20.4 Å². The lowest BCUT2D eigenvalue weighted by Crippen LogP contribution is -2.35. The van der Waals surface area contributed by atoms with Crippen LogP contribution in [0.4, 0.5) is 0 Å². The average molecular weight is 238 g/mol. The third-order valence-corrected chi connectivity index (χ3v) is 4.96. The maximum atomic E-state index is 11.4. The van der Waals surface area contributed by atoms with Gasteiger partial charge < -0.3 is 14.6 Å². The molecular weight excluding hydrogens is 220 g/mol. The SMILES string of the molecule is C=CC(=O)OC1C2OC(O)C3CC1C(C)(C)C32. The number of hydrogen-bond acceptors (Lipinski definition) is 4. The van der Waals surface area contributed by atoms with Gasteiger partial charge in [-0.25, -0.2) is 4.79 Å². The van der Waals surface area contributed by atoms with Gasteiger partial charge in [0.15, 0.2) is 6.29 Å². The van der Waals surface area contributed by atoms with Crippen LogP contribution in [0, 0.1) is 23.2 Å². The van der Waals surface area contributed by atoms with Crippen molar-refractivity contribution in [3.63, 3.8) is 0 Å². The van der Waals surface area contributed by atoms with Gasteiger partial charge in [-0.15, -0.1) is 0 Å². The van der Waals surface area contributed by atoms with E-state index in [0.717, 1.165) is 6.42 Å². The van der Waals surface area contributed by atoms with Crippen molar-refractivity contribution in [1.29, 1.82) is 0 Å². The van der Waals surface area contributed by atoms with Crippen LogP contribution in [0.5, 0.6) is 0 Å². The smallest absolute Gasteiger partial charge is 0.330 e. The number of carbonyl (C=O) groups is 1. The molecule has 6 atom stereocenters. The Kier molecular flexibility index (Phi) is 2.20. The highest BCUT2D eigenvalue weighted by Crippen LogP contribution is 2.65. The molecule has 17 heavy (non-hydrogen) atoms. The molecule has 3 aliphatic rings. The molecule has 2 aliphatic carbocycles. The summed E-state index contributed by atoms with van der Waals surface area (Å²) in [5.41, 5.74) is 0.0684. The molecule has 2 saturated carbocycles. The summed E-state index contributed by atoms with van der Waals surface area (Å²) < 4.78 is 11.0. The van der Waals surface area contributed by atoms with Gasteiger partial charge >= 0.3 is 5.97 Å². The van der Waals surface area contributed by atoms with Crippen molar-refractivity contribution < 1.29 is 19.4 Å². The molecule has 0 spiro atoms. The molecule has 1 saturated heterocycles. The second-order valence-corrected chi connectivity index (χ2v) is 5.95. The third-order valence-electron chi connectivity index (χ3n) is 4.96. The second-order valence-electron chi connectivity index (χ2n) is 5.95. The molecule has 4 heteroatoms. The molecule has 1 N–H and O–H groups in total. The number of esters is 1. The molecule has 94 valence electrons. The number of carbonyl (C=O) groups excluding carboxylic acids is 1. The Labute approximate surface area is 101 Å².